The number of fused-ring (bicyclic) bond motifs is 1. The van der Waals surface area contributed by atoms with Crippen molar-refractivity contribution in [3.8, 4) is 22.6 Å². The third kappa shape index (κ3) is 2.75. The van der Waals surface area contributed by atoms with E-state index in [4.69, 9.17) is 9.47 Å². The van der Waals surface area contributed by atoms with Crippen molar-refractivity contribution in [2.75, 3.05) is 14.2 Å². The van der Waals surface area contributed by atoms with Crippen LogP contribution in [0.15, 0.2) is 53.5 Å². The summed E-state index contributed by atoms with van der Waals surface area (Å²) >= 11 is 0. The van der Waals surface area contributed by atoms with Crippen LogP contribution in [0.1, 0.15) is 13.3 Å². The fraction of sp³-hybridized carbons (Fsp3) is 0.250. The number of hydrogen-bond acceptors (Lipinski definition) is 3. The highest BCUT2D eigenvalue weighted by atomic mass is 16.5. The highest BCUT2D eigenvalue weighted by Gasteiger charge is 2.14. The molecule has 0 aliphatic rings. The number of benzene rings is 2. The summed E-state index contributed by atoms with van der Waals surface area (Å²) in [6, 6.07) is 13.7. The van der Waals surface area contributed by atoms with Gasteiger partial charge in [0.05, 0.1) is 19.6 Å². The molecule has 0 aliphatic carbocycles. The summed E-state index contributed by atoms with van der Waals surface area (Å²) in [4.78, 5) is 12.8. The highest BCUT2D eigenvalue weighted by molar-refractivity contribution is 5.97. The molecule has 24 heavy (non-hydrogen) atoms. The summed E-state index contributed by atoms with van der Waals surface area (Å²) in [5.41, 5.74) is 2.08. The van der Waals surface area contributed by atoms with Crippen molar-refractivity contribution < 1.29 is 9.47 Å². The summed E-state index contributed by atoms with van der Waals surface area (Å²) in [6.45, 7) is 2.75. The smallest absolute Gasteiger partial charge is 0.258 e. The minimum Gasteiger partial charge on any atom is -0.493 e. The molecule has 0 aliphatic heterocycles. The van der Waals surface area contributed by atoms with E-state index in [1.54, 1.807) is 24.9 Å². The molecule has 0 radical (unpaired) electrons. The number of pyridine rings is 1. The third-order valence-corrected chi connectivity index (χ3v) is 4.14. The van der Waals surface area contributed by atoms with E-state index < -0.39 is 0 Å². The lowest BCUT2D eigenvalue weighted by Gasteiger charge is -2.15. The molecule has 0 fully saturated rings. The normalized spacial score (nSPS) is 10.8. The molecule has 1 heterocycles. The number of aromatic nitrogens is 1. The van der Waals surface area contributed by atoms with Crippen LogP contribution >= 0.6 is 0 Å². The summed E-state index contributed by atoms with van der Waals surface area (Å²) in [7, 11) is 3.18. The fourth-order valence-electron chi connectivity index (χ4n) is 2.97. The Morgan fingerprint density at radius 1 is 0.958 bits per heavy atom. The van der Waals surface area contributed by atoms with Crippen molar-refractivity contribution in [1.29, 1.82) is 0 Å². The molecule has 4 nitrogen and oxygen atoms in total. The Kier molecular flexibility index (Phi) is 4.56. The van der Waals surface area contributed by atoms with Gasteiger partial charge in [0.15, 0.2) is 11.5 Å². The second-order valence-electron chi connectivity index (χ2n) is 5.66. The van der Waals surface area contributed by atoms with E-state index in [0.29, 0.717) is 23.4 Å². The standard InChI is InChI=1S/C20H21NO3/c1-4-10-21-13-17(14-8-6-5-7-9-14)15-11-18(23-2)19(24-3)12-16(15)20(21)22/h5-9,11-13H,4,10H2,1-3H3. The van der Waals surface area contributed by atoms with E-state index in [9.17, 15) is 4.79 Å². The van der Waals surface area contributed by atoms with Gasteiger partial charge < -0.3 is 14.0 Å². The average Bonchev–Trinajstić information content (AvgIpc) is 2.63. The Balaban J connectivity index is 2.40. The van der Waals surface area contributed by atoms with Crippen LogP contribution < -0.4 is 15.0 Å². The predicted octanol–water partition coefficient (Wildman–Crippen LogP) is 4.10. The summed E-state index contributed by atoms with van der Waals surface area (Å²) in [5, 5.41) is 1.51. The number of ether oxygens (including phenoxy) is 2. The molecule has 124 valence electrons. The molecule has 0 bridgehead atoms. The summed E-state index contributed by atoms with van der Waals surface area (Å²) in [6.07, 6.45) is 2.84. The van der Waals surface area contributed by atoms with Crippen LogP contribution in [0.3, 0.4) is 0 Å². The second kappa shape index (κ2) is 6.79. The molecule has 4 heteroatoms. The van der Waals surface area contributed by atoms with Crippen LogP contribution in [0, 0.1) is 0 Å². The molecular weight excluding hydrogens is 302 g/mol. The predicted molar refractivity (Wildman–Crippen MR) is 97.0 cm³/mol. The fourth-order valence-corrected chi connectivity index (χ4v) is 2.97. The zero-order valence-electron chi connectivity index (χ0n) is 14.2. The molecule has 0 amide bonds. The molecule has 3 aromatic rings. The lowest BCUT2D eigenvalue weighted by Crippen LogP contribution is -2.20. The minimum absolute atomic E-state index is 0.00696. The maximum absolute atomic E-state index is 12.8. The molecule has 0 spiro atoms. The third-order valence-electron chi connectivity index (χ3n) is 4.14. The van der Waals surface area contributed by atoms with Crippen molar-refractivity contribution in [2.45, 2.75) is 19.9 Å². The number of methoxy groups -OCH3 is 2. The van der Waals surface area contributed by atoms with E-state index in [0.717, 1.165) is 22.9 Å². The zero-order valence-corrected chi connectivity index (χ0v) is 14.2. The van der Waals surface area contributed by atoms with Gasteiger partial charge in [0.25, 0.3) is 5.56 Å². The van der Waals surface area contributed by atoms with Crippen molar-refractivity contribution in [2.24, 2.45) is 0 Å². The number of nitrogens with zero attached hydrogens (tertiary/aromatic N) is 1. The van der Waals surface area contributed by atoms with Gasteiger partial charge in [0, 0.05) is 23.7 Å². The molecular formula is C20H21NO3. The Morgan fingerprint density at radius 3 is 2.17 bits per heavy atom. The van der Waals surface area contributed by atoms with Gasteiger partial charge in [0.1, 0.15) is 0 Å². The minimum atomic E-state index is -0.00696. The van der Waals surface area contributed by atoms with Gasteiger partial charge in [0.2, 0.25) is 0 Å². The number of hydrogen-bond donors (Lipinski definition) is 0. The van der Waals surface area contributed by atoms with Crippen LogP contribution in [0.5, 0.6) is 11.5 Å². The molecule has 3 rings (SSSR count). The van der Waals surface area contributed by atoms with Crippen molar-refractivity contribution in [3.05, 3.63) is 59.0 Å². The van der Waals surface area contributed by atoms with Gasteiger partial charge in [-0.3, -0.25) is 4.79 Å². The highest BCUT2D eigenvalue weighted by Crippen LogP contribution is 2.35. The average molecular weight is 323 g/mol. The molecule has 0 N–H and O–H groups in total. The van der Waals surface area contributed by atoms with Crippen molar-refractivity contribution in [1.82, 2.24) is 4.57 Å². The largest absolute Gasteiger partial charge is 0.493 e. The monoisotopic (exact) mass is 323 g/mol. The molecule has 1 aromatic heterocycles. The molecule has 2 aromatic carbocycles. The van der Waals surface area contributed by atoms with Crippen LogP contribution in [0.4, 0.5) is 0 Å². The maximum atomic E-state index is 12.8. The maximum Gasteiger partial charge on any atom is 0.258 e. The lowest BCUT2D eigenvalue weighted by molar-refractivity contribution is 0.356. The van der Waals surface area contributed by atoms with Gasteiger partial charge in [-0.1, -0.05) is 37.3 Å². The topological polar surface area (TPSA) is 40.5 Å². The van der Waals surface area contributed by atoms with Gasteiger partial charge in [-0.05, 0) is 24.1 Å². The van der Waals surface area contributed by atoms with Gasteiger partial charge in [-0.2, -0.15) is 0 Å². The first-order chi connectivity index (χ1) is 11.7. The van der Waals surface area contributed by atoms with Crippen molar-refractivity contribution in [3.63, 3.8) is 0 Å². The van der Waals surface area contributed by atoms with Crippen LogP contribution in [0.25, 0.3) is 21.9 Å². The van der Waals surface area contributed by atoms with Crippen LogP contribution in [-0.4, -0.2) is 18.8 Å². The first-order valence-electron chi connectivity index (χ1n) is 8.04. The van der Waals surface area contributed by atoms with Crippen LogP contribution in [-0.2, 0) is 6.54 Å². The lowest BCUT2D eigenvalue weighted by atomic mass is 10.00. The quantitative estimate of drug-likeness (QED) is 0.710. The molecule has 0 saturated heterocycles. The van der Waals surface area contributed by atoms with Gasteiger partial charge in [-0.15, -0.1) is 0 Å². The van der Waals surface area contributed by atoms with E-state index in [-0.39, 0.29) is 5.56 Å². The molecule has 0 unspecified atom stereocenters. The van der Waals surface area contributed by atoms with Gasteiger partial charge >= 0.3 is 0 Å². The van der Waals surface area contributed by atoms with E-state index in [1.807, 2.05) is 42.6 Å². The second-order valence-corrected chi connectivity index (χ2v) is 5.66. The van der Waals surface area contributed by atoms with E-state index >= 15 is 0 Å². The Hall–Kier alpha value is -2.75. The summed E-state index contributed by atoms with van der Waals surface area (Å²) < 4.78 is 12.6. The number of rotatable bonds is 5. The summed E-state index contributed by atoms with van der Waals surface area (Å²) in [5.74, 6) is 1.19. The first kappa shape index (κ1) is 16.1. The van der Waals surface area contributed by atoms with E-state index in [1.165, 1.54) is 0 Å². The van der Waals surface area contributed by atoms with E-state index in [2.05, 4.69) is 6.92 Å². The Bertz CT molecular complexity index is 914. The zero-order chi connectivity index (χ0) is 17.1. The molecule has 0 atom stereocenters. The first-order valence-corrected chi connectivity index (χ1v) is 8.04. The Labute approximate surface area is 141 Å². The SMILES string of the molecule is CCCn1cc(-c2ccccc2)c2cc(OC)c(OC)cc2c1=O. The van der Waals surface area contributed by atoms with Gasteiger partial charge in [-0.25, -0.2) is 0 Å². The van der Waals surface area contributed by atoms with Crippen LogP contribution in [0.2, 0.25) is 0 Å². The van der Waals surface area contributed by atoms with Crippen molar-refractivity contribution >= 4 is 10.8 Å². The molecule has 0 saturated carbocycles. The number of aryl methyl sites for hydroxylation is 1. The Morgan fingerprint density at radius 2 is 1.58 bits per heavy atom.